The van der Waals surface area contributed by atoms with Crippen LogP contribution >= 0.6 is 0 Å². The van der Waals surface area contributed by atoms with Crippen molar-refractivity contribution in [1.29, 1.82) is 0 Å². The molecule has 2 heterocycles. The summed E-state index contributed by atoms with van der Waals surface area (Å²) in [5.74, 6) is -2.20. The summed E-state index contributed by atoms with van der Waals surface area (Å²) < 4.78 is 59.8. The van der Waals surface area contributed by atoms with Crippen molar-refractivity contribution in [3.8, 4) is 0 Å². The molecule has 3 rings (SSSR count). The van der Waals surface area contributed by atoms with Crippen molar-refractivity contribution in [3.63, 3.8) is 0 Å². The number of allylic oxidation sites excluding steroid dienone is 1. The Morgan fingerprint density at radius 2 is 2.16 bits per heavy atom. The second-order valence-corrected chi connectivity index (χ2v) is 5.04. The normalized spacial score (nSPS) is 17.1. The molecule has 132 valence electrons. The van der Waals surface area contributed by atoms with E-state index in [2.05, 4.69) is 15.5 Å². The Hall–Kier alpha value is -2.98. The molecule has 0 saturated carbocycles. The molecule has 1 unspecified atom stereocenters. The van der Waals surface area contributed by atoms with E-state index in [1.807, 2.05) is 5.32 Å². The molecule has 11 heteroatoms. The smallest absolute Gasteiger partial charge is 0.431 e. The Balaban J connectivity index is 2.26. The minimum absolute atomic E-state index is 0.0693. The largest absolute Gasteiger partial charge is 0.463 e. The molecule has 0 amide bonds. The molecule has 1 aromatic heterocycles. The monoisotopic (exact) mass is 357 g/mol. The standard InChI is InChI=1S/C14H11F4N5O2/c1-2-25-12(24)9-10(7-4-3-5-8(15)6-7)23-13(20-21-22-23)19-11(9)14(16,17)18/h3-6,10H,2H2,1H3,(H,19,20,22). The third kappa shape index (κ3) is 3.04. The first-order chi connectivity index (χ1) is 11.8. The summed E-state index contributed by atoms with van der Waals surface area (Å²) in [6, 6.07) is 3.43. The Kier molecular flexibility index (Phi) is 4.15. The number of nitrogens with zero attached hydrogens (tertiary/aromatic N) is 4. The van der Waals surface area contributed by atoms with E-state index in [-0.39, 0.29) is 18.1 Å². The summed E-state index contributed by atoms with van der Waals surface area (Å²) in [6.45, 7) is 1.33. The lowest BCUT2D eigenvalue weighted by molar-refractivity contribution is -0.140. The molecule has 25 heavy (non-hydrogen) atoms. The molecule has 1 aliphatic rings. The van der Waals surface area contributed by atoms with E-state index in [9.17, 15) is 22.4 Å². The van der Waals surface area contributed by atoms with Gasteiger partial charge in [-0.2, -0.15) is 17.9 Å². The van der Waals surface area contributed by atoms with Gasteiger partial charge in [-0.25, -0.2) is 9.18 Å². The summed E-state index contributed by atoms with van der Waals surface area (Å²) >= 11 is 0. The van der Waals surface area contributed by atoms with Gasteiger partial charge in [0, 0.05) is 0 Å². The van der Waals surface area contributed by atoms with Crippen molar-refractivity contribution in [2.45, 2.75) is 19.1 Å². The summed E-state index contributed by atoms with van der Waals surface area (Å²) in [5, 5.41) is 12.4. The molecule has 1 atom stereocenters. The van der Waals surface area contributed by atoms with Gasteiger partial charge in [0.2, 0.25) is 5.95 Å². The molecule has 1 aromatic carbocycles. The first-order valence-electron chi connectivity index (χ1n) is 7.11. The lowest BCUT2D eigenvalue weighted by atomic mass is 9.95. The van der Waals surface area contributed by atoms with Crippen molar-refractivity contribution < 1.29 is 27.1 Å². The van der Waals surface area contributed by atoms with Crippen molar-refractivity contribution in [2.75, 3.05) is 11.9 Å². The van der Waals surface area contributed by atoms with Gasteiger partial charge in [0.1, 0.15) is 17.6 Å². The number of alkyl halides is 3. The molecule has 2 aromatic rings. The maximum Gasteiger partial charge on any atom is 0.431 e. The highest BCUT2D eigenvalue weighted by molar-refractivity contribution is 5.92. The Bertz CT molecular complexity index is 846. The van der Waals surface area contributed by atoms with Crippen LogP contribution in [0.15, 0.2) is 35.5 Å². The minimum atomic E-state index is -4.90. The molecule has 1 N–H and O–H groups in total. The van der Waals surface area contributed by atoms with Gasteiger partial charge in [-0.3, -0.25) is 0 Å². The summed E-state index contributed by atoms with van der Waals surface area (Å²) in [5.41, 5.74) is -2.03. The third-order valence-corrected chi connectivity index (χ3v) is 3.46. The zero-order chi connectivity index (χ0) is 18.2. The van der Waals surface area contributed by atoms with Crippen LogP contribution in [0.5, 0.6) is 0 Å². The number of esters is 1. The van der Waals surface area contributed by atoms with E-state index in [0.29, 0.717) is 0 Å². The number of fused-ring (bicyclic) bond motifs is 1. The number of rotatable bonds is 3. The third-order valence-electron chi connectivity index (χ3n) is 3.46. The van der Waals surface area contributed by atoms with Gasteiger partial charge in [-0.15, -0.1) is 0 Å². The highest BCUT2D eigenvalue weighted by atomic mass is 19.4. The van der Waals surface area contributed by atoms with E-state index in [0.717, 1.165) is 16.8 Å². The average molecular weight is 357 g/mol. The highest BCUT2D eigenvalue weighted by Crippen LogP contribution is 2.40. The average Bonchev–Trinajstić information content (AvgIpc) is 3.00. The number of anilines is 1. The van der Waals surface area contributed by atoms with Crippen LogP contribution in [0.4, 0.5) is 23.5 Å². The van der Waals surface area contributed by atoms with Crippen LogP contribution in [0.1, 0.15) is 18.5 Å². The highest BCUT2D eigenvalue weighted by Gasteiger charge is 2.46. The minimum Gasteiger partial charge on any atom is -0.463 e. The second-order valence-electron chi connectivity index (χ2n) is 5.04. The van der Waals surface area contributed by atoms with Crippen molar-refractivity contribution in [3.05, 3.63) is 46.9 Å². The van der Waals surface area contributed by atoms with E-state index < -0.39 is 35.3 Å². The first kappa shape index (κ1) is 16.9. The second kappa shape index (κ2) is 6.15. The molecule has 0 saturated heterocycles. The first-order valence-corrected chi connectivity index (χ1v) is 7.11. The predicted octanol–water partition coefficient (Wildman–Crippen LogP) is 2.21. The van der Waals surface area contributed by atoms with Gasteiger partial charge >= 0.3 is 12.1 Å². The van der Waals surface area contributed by atoms with Crippen molar-refractivity contribution in [2.24, 2.45) is 0 Å². The van der Waals surface area contributed by atoms with Crippen LogP contribution < -0.4 is 5.32 Å². The van der Waals surface area contributed by atoms with Crippen LogP contribution in [0.2, 0.25) is 0 Å². The van der Waals surface area contributed by atoms with Crippen LogP contribution in [0, 0.1) is 5.82 Å². The molecule has 0 spiro atoms. The zero-order valence-corrected chi connectivity index (χ0v) is 12.7. The Labute approximate surface area is 138 Å². The lowest BCUT2D eigenvalue weighted by Gasteiger charge is -2.29. The van der Waals surface area contributed by atoms with Crippen molar-refractivity contribution in [1.82, 2.24) is 20.2 Å². The van der Waals surface area contributed by atoms with E-state index in [4.69, 9.17) is 4.74 Å². The molecule has 0 radical (unpaired) electrons. The van der Waals surface area contributed by atoms with Gasteiger partial charge in [-0.05, 0) is 35.0 Å². The van der Waals surface area contributed by atoms with Gasteiger partial charge in [-0.1, -0.05) is 17.2 Å². The lowest BCUT2D eigenvalue weighted by Crippen LogP contribution is -2.35. The molecule has 7 nitrogen and oxygen atoms in total. The molecular weight excluding hydrogens is 346 g/mol. The fourth-order valence-corrected chi connectivity index (χ4v) is 2.52. The number of carbonyl (C=O) groups excluding carboxylic acids is 1. The van der Waals surface area contributed by atoms with Crippen LogP contribution in [0.25, 0.3) is 0 Å². The number of hydrogen-bond acceptors (Lipinski definition) is 6. The molecule has 0 fully saturated rings. The van der Waals surface area contributed by atoms with Crippen LogP contribution in [0.3, 0.4) is 0 Å². The van der Waals surface area contributed by atoms with Gasteiger partial charge in [0.25, 0.3) is 0 Å². The van der Waals surface area contributed by atoms with E-state index in [1.54, 1.807) is 0 Å². The van der Waals surface area contributed by atoms with Crippen molar-refractivity contribution >= 4 is 11.9 Å². The number of nitrogens with one attached hydrogen (secondary N) is 1. The van der Waals surface area contributed by atoms with E-state index in [1.165, 1.54) is 19.1 Å². The van der Waals surface area contributed by atoms with Gasteiger partial charge in [0.05, 0.1) is 12.2 Å². The number of hydrogen-bond donors (Lipinski definition) is 1. The SMILES string of the molecule is CCOC(=O)C1=C(C(F)(F)F)Nc2nnnn2C1c1cccc(F)c1. The van der Waals surface area contributed by atoms with Gasteiger partial charge in [0.15, 0.2) is 0 Å². The van der Waals surface area contributed by atoms with Crippen LogP contribution in [-0.4, -0.2) is 39.0 Å². The number of carbonyl (C=O) groups is 1. The Morgan fingerprint density at radius 1 is 1.40 bits per heavy atom. The molecular formula is C14H11F4N5O2. The summed E-state index contributed by atoms with van der Waals surface area (Å²) in [4.78, 5) is 12.3. The number of halogens is 4. The topological polar surface area (TPSA) is 81.9 Å². The fraction of sp³-hybridized carbons (Fsp3) is 0.286. The Morgan fingerprint density at radius 3 is 2.80 bits per heavy atom. The number of benzene rings is 1. The predicted molar refractivity (Wildman–Crippen MR) is 75.7 cm³/mol. The number of aromatic nitrogens is 4. The maximum absolute atomic E-state index is 13.6. The van der Waals surface area contributed by atoms with Crippen LogP contribution in [-0.2, 0) is 9.53 Å². The summed E-state index contributed by atoms with van der Waals surface area (Å²) in [7, 11) is 0. The molecule has 1 aliphatic heterocycles. The van der Waals surface area contributed by atoms with Gasteiger partial charge < -0.3 is 10.1 Å². The maximum atomic E-state index is 13.6. The molecule has 0 aliphatic carbocycles. The summed E-state index contributed by atoms with van der Waals surface area (Å²) in [6.07, 6.45) is -4.90. The number of tetrazole rings is 1. The number of ether oxygens (including phenoxy) is 1. The quantitative estimate of drug-likeness (QED) is 0.670. The zero-order valence-electron chi connectivity index (χ0n) is 12.7. The molecule has 0 bridgehead atoms. The van der Waals surface area contributed by atoms with E-state index >= 15 is 0 Å². The fourth-order valence-electron chi connectivity index (χ4n) is 2.52.